The van der Waals surface area contributed by atoms with E-state index in [0.717, 1.165) is 18.4 Å². The summed E-state index contributed by atoms with van der Waals surface area (Å²) in [5.74, 6) is 0.342. The van der Waals surface area contributed by atoms with Crippen molar-refractivity contribution < 1.29 is 4.79 Å². The Bertz CT molecular complexity index is 356. The van der Waals surface area contributed by atoms with Crippen molar-refractivity contribution in [2.24, 2.45) is 11.7 Å². The number of hydrogen-bond acceptors (Lipinski definition) is 4. The summed E-state index contributed by atoms with van der Waals surface area (Å²) in [6.07, 6.45) is 3.27. The van der Waals surface area contributed by atoms with Gasteiger partial charge in [0, 0.05) is 12.1 Å². The SMILES string of the molecule is Cc1ccnc(N)c1C(=O)C(C)CCCN. The van der Waals surface area contributed by atoms with Crippen molar-refractivity contribution in [3.05, 3.63) is 23.4 Å². The number of aromatic nitrogens is 1. The van der Waals surface area contributed by atoms with Crippen LogP contribution in [0.1, 0.15) is 35.7 Å². The maximum Gasteiger partial charge on any atom is 0.169 e. The van der Waals surface area contributed by atoms with E-state index in [1.54, 1.807) is 12.3 Å². The van der Waals surface area contributed by atoms with Gasteiger partial charge in [-0.2, -0.15) is 0 Å². The Morgan fingerprint density at radius 1 is 1.56 bits per heavy atom. The summed E-state index contributed by atoms with van der Waals surface area (Å²) in [4.78, 5) is 16.1. The van der Waals surface area contributed by atoms with Gasteiger partial charge in [0.05, 0.1) is 5.56 Å². The normalized spacial score (nSPS) is 12.4. The molecule has 0 saturated carbocycles. The third kappa shape index (κ3) is 2.79. The number of ketones is 1. The third-order valence-corrected chi connectivity index (χ3v) is 2.72. The number of nitrogen functional groups attached to an aromatic ring is 1. The van der Waals surface area contributed by atoms with E-state index in [1.165, 1.54) is 0 Å². The van der Waals surface area contributed by atoms with Crippen molar-refractivity contribution >= 4 is 11.6 Å². The van der Waals surface area contributed by atoms with E-state index in [1.807, 2.05) is 13.8 Å². The fourth-order valence-corrected chi connectivity index (χ4v) is 1.70. The van der Waals surface area contributed by atoms with Gasteiger partial charge in [0.1, 0.15) is 5.82 Å². The molecule has 1 aromatic heterocycles. The molecule has 1 aromatic rings. The maximum absolute atomic E-state index is 12.1. The van der Waals surface area contributed by atoms with Gasteiger partial charge in [-0.05, 0) is 37.9 Å². The molecule has 1 atom stereocenters. The number of pyridine rings is 1. The molecule has 0 fully saturated rings. The summed E-state index contributed by atoms with van der Waals surface area (Å²) in [5.41, 5.74) is 12.6. The number of nitrogens with zero attached hydrogens (tertiary/aromatic N) is 1. The zero-order valence-electron chi connectivity index (χ0n) is 9.86. The molecule has 0 amide bonds. The van der Waals surface area contributed by atoms with Crippen molar-refractivity contribution in [1.29, 1.82) is 0 Å². The summed E-state index contributed by atoms with van der Waals surface area (Å²) in [7, 11) is 0. The molecule has 0 aromatic carbocycles. The monoisotopic (exact) mass is 221 g/mol. The molecule has 0 aliphatic heterocycles. The number of carbonyl (C=O) groups excluding carboxylic acids is 1. The van der Waals surface area contributed by atoms with Crippen LogP contribution in [0, 0.1) is 12.8 Å². The van der Waals surface area contributed by atoms with Gasteiger partial charge in [-0.1, -0.05) is 6.92 Å². The molecular weight excluding hydrogens is 202 g/mol. The Labute approximate surface area is 96.0 Å². The zero-order chi connectivity index (χ0) is 12.1. The lowest BCUT2D eigenvalue weighted by molar-refractivity contribution is 0.0923. The molecule has 1 heterocycles. The molecule has 0 aliphatic carbocycles. The van der Waals surface area contributed by atoms with E-state index in [9.17, 15) is 4.79 Å². The highest BCUT2D eigenvalue weighted by Crippen LogP contribution is 2.20. The van der Waals surface area contributed by atoms with Crippen molar-refractivity contribution in [2.45, 2.75) is 26.7 Å². The van der Waals surface area contributed by atoms with E-state index in [0.29, 0.717) is 17.9 Å². The smallest absolute Gasteiger partial charge is 0.169 e. The van der Waals surface area contributed by atoms with Crippen LogP contribution in [-0.4, -0.2) is 17.3 Å². The number of Topliss-reactive ketones (excluding diaryl/α,β-unsaturated/α-hetero) is 1. The van der Waals surface area contributed by atoms with Crippen molar-refractivity contribution in [3.8, 4) is 0 Å². The molecule has 0 saturated heterocycles. The molecule has 1 unspecified atom stereocenters. The molecular formula is C12H19N3O. The summed E-state index contributed by atoms with van der Waals surface area (Å²) in [5, 5.41) is 0. The topological polar surface area (TPSA) is 82.0 Å². The fraction of sp³-hybridized carbons (Fsp3) is 0.500. The Morgan fingerprint density at radius 3 is 2.81 bits per heavy atom. The van der Waals surface area contributed by atoms with E-state index in [2.05, 4.69) is 4.98 Å². The molecule has 4 heteroatoms. The van der Waals surface area contributed by atoms with Crippen LogP contribution in [0.25, 0.3) is 0 Å². The molecule has 4 N–H and O–H groups in total. The van der Waals surface area contributed by atoms with Crippen LogP contribution in [-0.2, 0) is 0 Å². The molecule has 0 bridgehead atoms. The van der Waals surface area contributed by atoms with Crippen LogP contribution >= 0.6 is 0 Å². The molecule has 0 aliphatic rings. The fourth-order valence-electron chi connectivity index (χ4n) is 1.70. The van der Waals surface area contributed by atoms with Gasteiger partial charge < -0.3 is 11.5 Å². The predicted molar refractivity (Wildman–Crippen MR) is 65.2 cm³/mol. The largest absolute Gasteiger partial charge is 0.383 e. The minimum absolute atomic E-state index is 0.0475. The maximum atomic E-state index is 12.1. The van der Waals surface area contributed by atoms with Crippen LogP contribution in [0.2, 0.25) is 0 Å². The van der Waals surface area contributed by atoms with Gasteiger partial charge in [-0.3, -0.25) is 4.79 Å². The lowest BCUT2D eigenvalue weighted by Gasteiger charge is -2.12. The van der Waals surface area contributed by atoms with E-state index < -0.39 is 0 Å². The van der Waals surface area contributed by atoms with Gasteiger partial charge >= 0.3 is 0 Å². The number of rotatable bonds is 5. The summed E-state index contributed by atoms with van der Waals surface area (Å²) in [6, 6.07) is 1.80. The highest BCUT2D eigenvalue weighted by molar-refractivity contribution is 6.02. The van der Waals surface area contributed by atoms with E-state index in [4.69, 9.17) is 11.5 Å². The molecule has 4 nitrogen and oxygen atoms in total. The number of carbonyl (C=O) groups is 1. The Kier molecular flexibility index (Phi) is 4.43. The second kappa shape index (κ2) is 5.61. The Morgan fingerprint density at radius 2 is 2.25 bits per heavy atom. The van der Waals surface area contributed by atoms with Crippen LogP contribution < -0.4 is 11.5 Å². The van der Waals surface area contributed by atoms with Gasteiger partial charge in [-0.25, -0.2) is 4.98 Å². The van der Waals surface area contributed by atoms with Gasteiger partial charge in [-0.15, -0.1) is 0 Å². The second-order valence-electron chi connectivity index (χ2n) is 4.08. The molecule has 88 valence electrons. The Balaban J connectivity index is 2.87. The van der Waals surface area contributed by atoms with E-state index >= 15 is 0 Å². The van der Waals surface area contributed by atoms with Crippen molar-refractivity contribution in [3.63, 3.8) is 0 Å². The van der Waals surface area contributed by atoms with Crippen molar-refractivity contribution in [2.75, 3.05) is 12.3 Å². The van der Waals surface area contributed by atoms with Gasteiger partial charge in [0.15, 0.2) is 5.78 Å². The summed E-state index contributed by atoms with van der Waals surface area (Å²) in [6.45, 7) is 4.39. The average molecular weight is 221 g/mol. The highest BCUT2D eigenvalue weighted by atomic mass is 16.1. The minimum atomic E-state index is -0.0475. The molecule has 16 heavy (non-hydrogen) atoms. The van der Waals surface area contributed by atoms with E-state index in [-0.39, 0.29) is 11.7 Å². The number of hydrogen-bond donors (Lipinski definition) is 2. The first-order valence-electron chi connectivity index (χ1n) is 5.53. The second-order valence-corrected chi connectivity index (χ2v) is 4.08. The number of anilines is 1. The minimum Gasteiger partial charge on any atom is -0.383 e. The number of nitrogens with two attached hydrogens (primary N) is 2. The number of aryl methyl sites for hydroxylation is 1. The summed E-state index contributed by atoms with van der Waals surface area (Å²) < 4.78 is 0. The van der Waals surface area contributed by atoms with Crippen LogP contribution in [0.4, 0.5) is 5.82 Å². The standard InChI is InChI=1S/C12H19N3O/c1-8-5-7-15-12(14)10(8)11(16)9(2)4-3-6-13/h5,7,9H,3-4,6,13H2,1-2H3,(H2,14,15). The lowest BCUT2D eigenvalue weighted by atomic mass is 9.93. The summed E-state index contributed by atoms with van der Waals surface area (Å²) >= 11 is 0. The third-order valence-electron chi connectivity index (χ3n) is 2.72. The quantitative estimate of drug-likeness (QED) is 0.739. The lowest BCUT2D eigenvalue weighted by Crippen LogP contribution is -2.16. The Hall–Kier alpha value is -1.42. The van der Waals surface area contributed by atoms with Gasteiger partial charge in [0.2, 0.25) is 0 Å². The average Bonchev–Trinajstić information content (AvgIpc) is 2.25. The van der Waals surface area contributed by atoms with Crippen molar-refractivity contribution in [1.82, 2.24) is 4.98 Å². The van der Waals surface area contributed by atoms with Crippen LogP contribution in [0.5, 0.6) is 0 Å². The first-order valence-corrected chi connectivity index (χ1v) is 5.53. The highest BCUT2D eigenvalue weighted by Gasteiger charge is 2.19. The first-order chi connectivity index (χ1) is 7.57. The van der Waals surface area contributed by atoms with Crippen LogP contribution in [0.15, 0.2) is 12.3 Å². The first kappa shape index (κ1) is 12.6. The molecule has 0 radical (unpaired) electrons. The predicted octanol–water partition coefficient (Wildman–Crippen LogP) is 1.53. The molecule has 0 spiro atoms. The van der Waals surface area contributed by atoms with Gasteiger partial charge in [0.25, 0.3) is 0 Å². The van der Waals surface area contributed by atoms with Crippen LogP contribution in [0.3, 0.4) is 0 Å². The zero-order valence-corrected chi connectivity index (χ0v) is 9.86. The molecule has 1 rings (SSSR count).